The van der Waals surface area contributed by atoms with Crippen LogP contribution in [0.15, 0.2) is 16.7 Å². The van der Waals surface area contributed by atoms with Crippen molar-refractivity contribution in [2.75, 3.05) is 12.8 Å². The summed E-state index contributed by atoms with van der Waals surface area (Å²) in [6.45, 7) is 0. The molecule has 4 heteroatoms. The highest BCUT2D eigenvalue weighted by molar-refractivity contribution is 5.96. The van der Waals surface area contributed by atoms with Gasteiger partial charge in [0.1, 0.15) is 0 Å². The first kappa shape index (κ1) is 8.16. The van der Waals surface area contributed by atoms with Crippen molar-refractivity contribution in [2.45, 2.75) is 18.9 Å². The third-order valence-electron chi connectivity index (χ3n) is 2.30. The summed E-state index contributed by atoms with van der Waals surface area (Å²) in [6.07, 6.45) is 3.61. The van der Waals surface area contributed by atoms with E-state index in [2.05, 4.69) is 0 Å². The zero-order chi connectivity index (χ0) is 9.42. The van der Waals surface area contributed by atoms with Gasteiger partial charge in [-0.3, -0.25) is 4.79 Å². The van der Waals surface area contributed by atoms with E-state index in [0.717, 1.165) is 12.8 Å². The number of hydrogen-bond acceptors (Lipinski definition) is 3. The van der Waals surface area contributed by atoms with E-state index in [9.17, 15) is 4.79 Å². The van der Waals surface area contributed by atoms with Crippen molar-refractivity contribution in [1.82, 2.24) is 4.90 Å². The fraction of sp³-hybridized carbons (Fsp3) is 0.444. The molecule has 0 radical (unpaired) electrons. The summed E-state index contributed by atoms with van der Waals surface area (Å²) >= 11 is 0. The van der Waals surface area contributed by atoms with E-state index in [4.69, 9.17) is 10.2 Å². The lowest BCUT2D eigenvalue weighted by Crippen LogP contribution is -2.28. The van der Waals surface area contributed by atoms with Crippen LogP contribution in [0.4, 0.5) is 5.69 Å². The van der Waals surface area contributed by atoms with Crippen LogP contribution < -0.4 is 5.73 Å². The minimum Gasteiger partial charge on any atom is -0.457 e. The van der Waals surface area contributed by atoms with Crippen LogP contribution in [0.1, 0.15) is 23.4 Å². The van der Waals surface area contributed by atoms with Crippen molar-refractivity contribution in [3.05, 3.63) is 18.1 Å². The van der Waals surface area contributed by atoms with Crippen molar-refractivity contribution >= 4 is 11.6 Å². The third kappa shape index (κ3) is 1.39. The van der Waals surface area contributed by atoms with Crippen molar-refractivity contribution in [3.8, 4) is 0 Å². The molecule has 70 valence electrons. The molecular weight excluding hydrogens is 168 g/mol. The van der Waals surface area contributed by atoms with Crippen molar-refractivity contribution in [1.29, 1.82) is 0 Å². The second kappa shape index (κ2) is 2.80. The van der Waals surface area contributed by atoms with E-state index in [1.165, 1.54) is 6.26 Å². The Bertz CT molecular complexity index is 328. The molecule has 1 aliphatic carbocycles. The van der Waals surface area contributed by atoms with Crippen LogP contribution in [-0.4, -0.2) is 23.9 Å². The summed E-state index contributed by atoms with van der Waals surface area (Å²) in [5.41, 5.74) is 5.97. The molecule has 13 heavy (non-hydrogen) atoms. The van der Waals surface area contributed by atoms with E-state index >= 15 is 0 Å². The highest BCUT2D eigenvalue weighted by atomic mass is 16.3. The molecule has 1 aliphatic rings. The van der Waals surface area contributed by atoms with Crippen molar-refractivity contribution in [3.63, 3.8) is 0 Å². The quantitative estimate of drug-likeness (QED) is 0.741. The molecule has 2 N–H and O–H groups in total. The number of carbonyl (C=O) groups excluding carboxylic acids is 1. The highest BCUT2D eigenvalue weighted by Gasteiger charge is 2.31. The van der Waals surface area contributed by atoms with E-state index in [1.807, 2.05) is 0 Å². The average molecular weight is 180 g/mol. The molecule has 4 nitrogen and oxygen atoms in total. The largest absolute Gasteiger partial charge is 0.457 e. The predicted molar refractivity (Wildman–Crippen MR) is 48.2 cm³/mol. The van der Waals surface area contributed by atoms with E-state index in [0.29, 0.717) is 11.7 Å². The number of nitrogens with zero attached hydrogens (tertiary/aromatic N) is 1. The Hall–Kier alpha value is -1.45. The molecule has 2 rings (SSSR count). The third-order valence-corrected chi connectivity index (χ3v) is 2.30. The van der Waals surface area contributed by atoms with E-state index in [-0.39, 0.29) is 11.7 Å². The Morgan fingerprint density at radius 1 is 1.69 bits per heavy atom. The number of carbonyl (C=O) groups is 1. The molecule has 1 aromatic rings. The summed E-state index contributed by atoms with van der Waals surface area (Å²) in [4.78, 5) is 13.3. The molecule has 1 fully saturated rings. The molecule has 1 heterocycles. The second-order valence-electron chi connectivity index (χ2n) is 3.35. The van der Waals surface area contributed by atoms with Gasteiger partial charge in [-0.05, 0) is 12.8 Å². The SMILES string of the molecule is CN(C(=O)c1occc1N)C1CC1. The lowest BCUT2D eigenvalue weighted by atomic mass is 10.3. The number of anilines is 1. The fourth-order valence-electron chi connectivity index (χ4n) is 1.28. The summed E-state index contributed by atoms with van der Waals surface area (Å²) < 4.78 is 5.01. The lowest BCUT2D eigenvalue weighted by Gasteiger charge is -2.14. The molecule has 0 bridgehead atoms. The molecule has 1 aromatic heterocycles. The molecule has 0 spiro atoms. The van der Waals surface area contributed by atoms with Gasteiger partial charge in [-0.15, -0.1) is 0 Å². The maximum Gasteiger partial charge on any atom is 0.291 e. The molecule has 0 atom stereocenters. The van der Waals surface area contributed by atoms with Crippen LogP contribution in [0.2, 0.25) is 0 Å². The first-order valence-electron chi connectivity index (χ1n) is 4.30. The first-order valence-corrected chi connectivity index (χ1v) is 4.30. The number of rotatable bonds is 2. The Morgan fingerprint density at radius 2 is 2.38 bits per heavy atom. The van der Waals surface area contributed by atoms with Gasteiger partial charge in [0.05, 0.1) is 12.0 Å². The average Bonchev–Trinajstić information content (AvgIpc) is 2.87. The number of amides is 1. The van der Waals surface area contributed by atoms with Gasteiger partial charge in [-0.2, -0.15) is 0 Å². The monoisotopic (exact) mass is 180 g/mol. The van der Waals surface area contributed by atoms with Crippen LogP contribution in [0.3, 0.4) is 0 Å². The van der Waals surface area contributed by atoms with Gasteiger partial charge in [-0.25, -0.2) is 0 Å². The van der Waals surface area contributed by atoms with Gasteiger partial charge in [0, 0.05) is 19.2 Å². The summed E-state index contributed by atoms with van der Waals surface area (Å²) in [7, 11) is 1.78. The summed E-state index contributed by atoms with van der Waals surface area (Å²) in [5, 5.41) is 0. The standard InChI is InChI=1S/C9H12N2O2/c1-11(6-2-3-6)9(12)8-7(10)4-5-13-8/h4-6H,2-3,10H2,1H3. The van der Waals surface area contributed by atoms with Gasteiger partial charge in [-0.1, -0.05) is 0 Å². The van der Waals surface area contributed by atoms with Crippen LogP contribution in [0.25, 0.3) is 0 Å². The molecule has 0 unspecified atom stereocenters. The van der Waals surface area contributed by atoms with Crippen molar-refractivity contribution in [2.24, 2.45) is 0 Å². The molecule has 0 aromatic carbocycles. The number of nitrogen functional groups attached to an aromatic ring is 1. The van der Waals surface area contributed by atoms with Gasteiger partial charge in [0.15, 0.2) is 0 Å². The molecule has 0 saturated heterocycles. The van der Waals surface area contributed by atoms with Crippen LogP contribution in [0, 0.1) is 0 Å². The lowest BCUT2D eigenvalue weighted by molar-refractivity contribution is 0.0755. The Morgan fingerprint density at radius 3 is 2.85 bits per heavy atom. The van der Waals surface area contributed by atoms with Crippen LogP contribution in [-0.2, 0) is 0 Å². The number of hydrogen-bond donors (Lipinski definition) is 1. The minimum atomic E-state index is -0.120. The molecule has 1 saturated carbocycles. The second-order valence-corrected chi connectivity index (χ2v) is 3.35. The first-order chi connectivity index (χ1) is 6.20. The van der Waals surface area contributed by atoms with Gasteiger partial charge in [0.25, 0.3) is 5.91 Å². The molecule has 1 amide bonds. The maximum atomic E-state index is 11.7. The highest BCUT2D eigenvalue weighted by Crippen LogP contribution is 2.27. The minimum absolute atomic E-state index is 0.120. The van der Waals surface area contributed by atoms with Gasteiger partial charge in [0.2, 0.25) is 5.76 Å². The van der Waals surface area contributed by atoms with Crippen LogP contribution in [0.5, 0.6) is 0 Å². The van der Waals surface area contributed by atoms with Gasteiger partial charge >= 0.3 is 0 Å². The summed E-state index contributed by atoms with van der Waals surface area (Å²) in [6, 6.07) is 1.98. The van der Waals surface area contributed by atoms with Crippen molar-refractivity contribution < 1.29 is 9.21 Å². The smallest absolute Gasteiger partial charge is 0.291 e. The van der Waals surface area contributed by atoms with E-state index < -0.39 is 0 Å². The Kier molecular flexibility index (Phi) is 1.76. The normalized spacial score (nSPS) is 15.8. The number of furan rings is 1. The summed E-state index contributed by atoms with van der Waals surface area (Å²) in [5.74, 6) is 0.138. The topological polar surface area (TPSA) is 59.5 Å². The Balaban J connectivity index is 2.16. The molecule has 0 aliphatic heterocycles. The van der Waals surface area contributed by atoms with E-state index in [1.54, 1.807) is 18.0 Å². The zero-order valence-electron chi connectivity index (χ0n) is 7.49. The number of nitrogens with two attached hydrogens (primary N) is 1. The molecular formula is C9H12N2O2. The van der Waals surface area contributed by atoms with Gasteiger partial charge < -0.3 is 15.1 Å². The maximum absolute atomic E-state index is 11.7. The predicted octanol–water partition coefficient (Wildman–Crippen LogP) is 1.10. The Labute approximate surface area is 76.3 Å². The van der Waals surface area contributed by atoms with Crippen LogP contribution >= 0.6 is 0 Å². The fourth-order valence-corrected chi connectivity index (χ4v) is 1.28. The zero-order valence-corrected chi connectivity index (χ0v) is 7.49.